The first-order valence-electron chi connectivity index (χ1n) is 4.98. The van der Waals surface area contributed by atoms with Gasteiger partial charge in [0.2, 0.25) is 5.72 Å². The summed E-state index contributed by atoms with van der Waals surface area (Å²) in [6.07, 6.45) is 2.13. The molecule has 1 saturated heterocycles. The van der Waals surface area contributed by atoms with Crippen LogP contribution >= 0.6 is 0 Å². The van der Waals surface area contributed by atoms with Gasteiger partial charge in [0.05, 0.1) is 0 Å². The predicted octanol–water partition coefficient (Wildman–Crippen LogP) is 0.805. The third kappa shape index (κ3) is 2.96. The minimum atomic E-state index is -1.59. The van der Waals surface area contributed by atoms with Crippen LogP contribution in [0.25, 0.3) is 0 Å². The highest BCUT2D eigenvalue weighted by Crippen LogP contribution is 2.22. The summed E-state index contributed by atoms with van der Waals surface area (Å²) in [7, 11) is 0. The number of hydrogen-bond acceptors (Lipinski definition) is 3. The molecule has 1 aliphatic rings. The Bertz CT molecular complexity index is 214. The fraction of sp³-hybridized carbons (Fsp3) is 0.900. The Balaban J connectivity index is 2.58. The first-order chi connectivity index (χ1) is 6.33. The van der Waals surface area contributed by atoms with E-state index in [1.165, 1.54) is 0 Å². The van der Waals surface area contributed by atoms with Gasteiger partial charge in [0, 0.05) is 13.0 Å². The molecule has 0 aromatic heterocycles. The largest absolute Gasteiger partial charge is 0.457 e. The van der Waals surface area contributed by atoms with Crippen molar-refractivity contribution in [1.82, 2.24) is 5.32 Å². The average Bonchev–Trinajstić information content (AvgIpc) is 2.02. The van der Waals surface area contributed by atoms with Gasteiger partial charge >= 0.3 is 5.97 Å². The SMILES string of the molecule is CC(C)(C)OC(=O)C1(O)CCCC[N]1. The zero-order chi connectivity index (χ0) is 10.8. The van der Waals surface area contributed by atoms with Gasteiger partial charge < -0.3 is 9.84 Å². The predicted molar refractivity (Wildman–Crippen MR) is 51.6 cm³/mol. The fourth-order valence-electron chi connectivity index (χ4n) is 1.35. The van der Waals surface area contributed by atoms with Crippen LogP contribution < -0.4 is 5.32 Å². The van der Waals surface area contributed by atoms with Gasteiger partial charge in [-0.1, -0.05) is 0 Å². The lowest BCUT2D eigenvalue weighted by molar-refractivity contribution is -0.184. The monoisotopic (exact) mass is 200 g/mol. The van der Waals surface area contributed by atoms with E-state index in [-0.39, 0.29) is 0 Å². The first kappa shape index (κ1) is 11.5. The topological polar surface area (TPSA) is 60.6 Å². The molecule has 1 unspecified atom stereocenters. The Morgan fingerprint density at radius 1 is 1.43 bits per heavy atom. The van der Waals surface area contributed by atoms with Gasteiger partial charge in [0.1, 0.15) is 5.60 Å². The molecule has 0 spiro atoms. The number of aliphatic hydroxyl groups is 1. The van der Waals surface area contributed by atoms with Crippen LogP contribution in [0.2, 0.25) is 0 Å². The van der Waals surface area contributed by atoms with Crippen LogP contribution in [-0.4, -0.2) is 28.9 Å². The van der Waals surface area contributed by atoms with Crippen LogP contribution in [-0.2, 0) is 9.53 Å². The lowest BCUT2D eigenvalue weighted by Crippen LogP contribution is -2.52. The minimum Gasteiger partial charge on any atom is -0.457 e. The molecule has 14 heavy (non-hydrogen) atoms. The summed E-state index contributed by atoms with van der Waals surface area (Å²) in [5.74, 6) is -0.621. The number of carbonyl (C=O) groups is 1. The van der Waals surface area contributed by atoms with Gasteiger partial charge in [-0.15, -0.1) is 0 Å². The molecular formula is C10H18NO3. The summed E-state index contributed by atoms with van der Waals surface area (Å²) in [6.45, 7) is 5.86. The van der Waals surface area contributed by atoms with Gasteiger partial charge in [-0.2, -0.15) is 5.32 Å². The van der Waals surface area contributed by atoms with Crippen molar-refractivity contribution in [3.8, 4) is 0 Å². The van der Waals surface area contributed by atoms with Crippen LogP contribution in [0.4, 0.5) is 0 Å². The molecule has 0 aromatic rings. The summed E-state index contributed by atoms with van der Waals surface area (Å²) < 4.78 is 5.10. The van der Waals surface area contributed by atoms with Crippen molar-refractivity contribution in [2.75, 3.05) is 6.54 Å². The van der Waals surface area contributed by atoms with Gasteiger partial charge in [0.15, 0.2) is 0 Å². The van der Waals surface area contributed by atoms with Crippen molar-refractivity contribution in [3.63, 3.8) is 0 Å². The highest BCUT2D eigenvalue weighted by molar-refractivity contribution is 5.79. The molecule has 4 heteroatoms. The van der Waals surface area contributed by atoms with E-state index in [0.29, 0.717) is 13.0 Å². The zero-order valence-corrected chi connectivity index (χ0v) is 9.04. The molecule has 1 radical (unpaired) electrons. The summed E-state index contributed by atoms with van der Waals surface area (Å²) in [6, 6.07) is 0. The summed E-state index contributed by atoms with van der Waals surface area (Å²) in [4.78, 5) is 11.6. The first-order valence-corrected chi connectivity index (χ1v) is 4.98. The molecule has 0 bridgehead atoms. The van der Waals surface area contributed by atoms with Crippen LogP contribution in [0.5, 0.6) is 0 Å². The van der Waals surface area contributed by atoms with Crippen LogP contribution in [0.15, 0.2) is 0 Å². The van der Waals surface area contributed by atoms with Crippen molar-refractivity contribution in [3.05, 3.63) is 0 Å². The molecule has 0 amide bonds. The maximum atomic E-state index is 11.6. The molecule has 81 valence electrons. The summed E-state index contributed by atoms with van der Waals surface area (Å²) >= 11 is 0. The van der Waals surface area contributed by atoms with E-state index in [2.05, 4.69) is 5.32 Å². The lowest BCUT2D eigenvalue weighted by atomic mass is 10.0. The Kier molecular flexibility index (Phi) is 3.17. The molecule has 0 aliphatic carbocycles. The molecule has 0 saturated carbocycles. The average molecular weight is 200 g/mol. The molecule has 0 aromatic carbocycles. The van der Waals surface area contributed by atoms with Gasteiger partial charge in [-0.05, 0) is 33.6 Å². The second-order valence-corrected chi connectivity index (χ2v) is 4.66. The Labute approximate surface area is 84.6 Å². The number of carbonyl (C=O) groups excluding carboxylic acids is 1. The summed E-state index contributed by atoms with van der Waals surface area (Å²) in [5, 5.41) is 13.8. The van der Waals surface area contributed by atoms with E-state index in [1.807, 2.05) is 0 Å². The molecule has 4 nitrogen and oxygen atoms in total. The minimum absolute atomic E-state index is 0.377. The molecule has 1 N–H and O–H groups in total. The third-order valence-electron chi connectivity index (χ3n) is 2.03. The fourth-order valence-corrected chi connectivity index (χ4v) is 1.35. The van der Waals surface area contributed by atoms with Crippen molar-refractivity contribution in [1.29, 1.82) is 0 Å². The van der Waals surface area contributed by atoms with Crippen LogP contribution in [0, 0.1) is 0 Å². The second-order valence-electron chi connectivity index (χ2n) is 4.66. The van der Waals surface area contributed by atoms with Crippen molar-refractivity contribution < 1.29 is 14.6 Å². The number of hydrogen-bond donors (Lipinski definition) is 1. The number of esters is 1. The molecule has 1 rings (SSSR count). The molecule has 1 fully saturated rings. The van der Waals surface area contributed by atoms with Crippen LogP contribution in [0.1, 0.15) is 40.0 Å². The van der Waals surface area contributed by atoms with Crippen molar-refractivity contribution in [2.24, 2.45) is 0 Å². The maximum Gasteiger partial charge on any atom is 0.355 e. The van der Waals surface area contributed by atoms with Gasteiger partial charge in [-0.3, -0.25) is 0 Å². The third-order valence-corrected chi connectivity index (χ3v) is 2.03. The Morgan fingerprint density at radius 3 is 2.50 bits per heavy atom. The van der Waals surface area contributed by atoms with Crippen LogP contribution in [0.3, 0.4) is 0 Å². The Morgan fingerprint density at radius 2 is 2.07 bits per heavy atom. The van der Waals surface area contributed by atoms with Crippen molar-refractivity contribution >= 4 is 5.97 Å². The molecule has 1 atom stereocenters. The van der Waals surface area contributed by atoms with E-state index in [1.54, 1.807) is 20.8 Å². The molecule has 1 heterocycles. The van der Waals surface area contributed by atoms with E-state index >= 15 is 0 Å². The normalized spacial score (nSPS) is 28.6. The zero-order valence-electron chi connectivity index (χ0n) is 9.04. The smallest absolute Gasteiger partial charge is 0.355 e. The van der Waals surface area contributed by atoms with E-state index < -0.39 is 17.3 Å². The number of ether oxygens (including phenoxy) is 1. The molecule has 1 aliphatic heterocycles. The quantitative estimate of drug-likeness (QED) is 0.637. The van der Waals surface area contributed by atoms with Crippen molar-refractivity contribution in [2.45, 2.75) is 51.4 Å². The molecular weight excluding hydrogens is 182 g/mol. The summed E-state index contributed by atoms with van der Waals surface area (Å²) in [5.41, 5.74) is -2.16. The standard InChI is InChI=1S/C10H18NO3/c1-9(2,3)14-8(12)10(13)6-4-5-7-11-10/h13H,4-7H2,1-3H3. The van der Waals surface area contributed by atoms with E-state index in [9.17, 15) is 9.90 Å². The number of piperidine rings is 1. The highest BCUT2D eigenvalue weighted by Gasteiger charge is 2.41. The van der Waals surface area contributed by atoms with E-state index in [0.717, 1.165) is 12.8 Å². The lowest BCUT2D eigenvalue weighted by Gasteiger charge is -2.32. The second kappa shape index (κ2) is 3.87. The van der Waals surface area contributed by atoms with Gasteiger partial charge in [0.25, 0.3) is 0 Å². The maximum absolute atomic E-state index is 11.6. The Hall–Kier alpha value is -0.610. The number of rotatable bonds is 1. The van der Waals surface area contributed by atoms with E-state index in [4.69, 9.17) is 4.74 Å². The number of nitrogens with zero attached hydrogens (tertiary/aromatic N) is 1. The van der Waals surface area contributed by atoms with Gasteiger partial charge in [-0.25, -0.2) is 4.79 Å². The highest BCUT2D eigenvalue weighted by atomic mass is 16.6.